The van der Waals surface area contributed by atoms with Crippen molar-refractivity contribution in [1.82, 2.24) is 15.5 Å². The Balaban J connectivity index is 1.39. The zero-order valence-electron chi connectivity index (χ0n) is 18.2. The van der Waals surface area contributed by atoms with Crippen molar-refractivity contribution in [2.24, 2.45) is 17.6 Å². The van der Waals surface area contributed by atoms with E-state index in [0.717, 1.165) is 38.6 Å². The molecule has 1 aromatic rings. The molecule has 3 fully saturated rings. The van der Waals surface area contributed by atoms with E-state index in [9.17, 15) is 14.0 Å². The predicted octanol–water partition coefficient (Wildman–Crippen LogP) is 2.43. The van der Waals surface area contributed by atoms with Gasteiger partial charge in [0.25, 0.3) is 5.91 Å². The SMILES string of the molecule is NCC1CCC(CNC(=O)[C@H]2CC(NC3CC3)CCN2C(=O)c2ccc(F)cc2)CC1. The maximum Gasteiger partial charge on any atom is 0.254 e. The van der Waals surface area contributed by atoms with E-state index < -0.39 is 6.04 Å². The summed E-state index contributed by atoms with van der Waals surface area (Å²) in [6.07, 6.45) is 8.28. The van der Waals surface area contributed by atoms with Crippen LogP contribution in [0.2, 0.25) is 0 Å². The smallest absolute Gasteiger partial charge is 0.254 e. The van der Waals surface area contributed by atoms with Crippen molar-refractivity contribution >= 4 is 11.8 Å². The number of nitrogens with one attached hydrogen (secondary N) is 2. The summed E-state index contributed by atoms with van der Waals surface area (Å²) in [5, 5.41) is 6.76. The Morgan fingerprint density at radius 2 is 1.65 bits per heavy atom. The Morgan fingerprint density at radius 1 is 0.968 bits per heavy atom. The van der Waals surface area contributed by atoms with Gasteiger partial charge in [-0.15, -0.1) is 0 Å². The van der Waals surface area contributed by atoms with Crippen LogP contribution in [-0.4, -0.2) is 54.5 Å². The molecule has 7 heteroatoms. The quantitative estimate of drug-likeness (QED) is 0.620. The molecule has 0 aromatic heterocycles. The van der Waals surface area contributed by atoms with Crippen molar-refractivity contribution in [3.05, 3.63) is 35.6 Å². The van der Waals surface area contributed by atoms with Crippen molar-refractivity contribution in [3.63, 3.8) is 0 Å². The van der Waals surface area contributed by atoms with Gasteiger partial charge in [0.1, 0.15) is 11.9 Å². The Hall–Kier alpha value is -1.99. The Morgan fingerprint density at radius 3 is 2.29 bits per heavy atom. The van der Waals surface area contributed by atoms with Gasteiger partial charge in [0.05, 0.1) is 0 Å². The average molecular weight is 431 g/mol. The van der Waals surface area contributed by atoms with Crippen molar-refractivity contribution < 1.29 is 14.0 Å². The Bertz CT molecular complexity index is 759. The van der Waals surface area contributed by atoms with E-state index >= 15 is 0 Å². The van der Waals surface area contributed by atoms with E-state index in [0.29, 0.717) is 43.0 Å². The van der Waals surface area contributed by atoms with E-state index in [4.69, 9.17) is 5.73 Å². The van der Waals surface area contributed by atoms with Crippen molar-refractivity contribution in [1.29, 1.82) is 0 Å². The largest absolute Gasteiger partial charge is 0.354 e. The molecular weight excluding hydrogens is 395 g/mol. The van der Waals surface area contributed by atoms with Crippen LogP contribution in [-0.2, 0) is 4.79 Å². The number of benzene rings is 1. The van der Waals surface area contributed by atoms with E-state index in [1.165, 1.54) is 37.1 Å². The van der Waals surface area contributed by atoms with Crippen LogP contribution in [0.3, 0.4) is 0 Å². The van der Waals surface area contributed by atoms with Crippen molar-refractivity contribution in [2.45, 2.75) is 69.5 Å². The average Bonchev–Trinajstić information content (AvgIpc) is 3.62. The molecule has 4 N–H and O–H groups in total. The summed E-state index contributed by atoms with van der Waals surface area (Å²) < 4.78 is 13.3. The number of nitrogens with two attached hydrogens (primary N) is 1. The Kier molecular flexibility index (Phi) is 7.23. The van der Waals surface area contributed by atoms with Crippen LogP contribution in [0.15, 0.2) is 24.3 Å². The van der Waals surface area contributed by atoms with Crippen LogP contribution in [0, 0.1) is 17.7 Å². The highest BCUT2D eigenvalue weighted by molar-refractivity contribution is 5.97. The number of nitrogens with zero attached hydrogens (tertiary/aromatic N) is 1. The maximum atomic E-state index is 13.3. The molecule has 3 aliphatic rings. The molecule has 2 amide bonds. The van der Waals surface area contributed by atoms with Gasteiger partial charge in [0.15, 0.2) is 0 Å². The fourth-order valence-electron chi connectivity index (χ4n) is 4.98. The number of piperidine rings is 1. The molecule has 170 valence electrons. The second kappa shape index (κ2) is 10.1. The summed E-state index contributed by atoms with van der Waals surface area (Å²) in [6, 6.07) is 5.89. The molecule has 31 heavy (non-hydrogen) atoms. The highest BCUT2D eigenvalue weighted by Gasteiger charge is 2.38. The molecule has 1 aliphatic heterocycles. The monoisotopic (exact) mass is 430 g/mol. The van der Waals surface area contributed by atoms with Gasteiger partial charge in [-0.3, -0.25) is 9.59 Å². The van der Waals surface area contributed by atoms with Crippen LogP contribution in [0.1, 0.15) is 61.7 Å². The summed E-state index contributed by atoms with van der Waals surface area (Å²) >= 11 is 0. The van der Waals surface area contributed by atoms with Gasteiger partial charge < -0.3 is 21.3 Å². The molecular formula is C24H35FN4O2. The van der Waals surface area contributed by atoms with E-state index in [1.54, 1.807) is 4.90 Å². The fourth-order valence-corrected chi connectivity index (χ4v) is 4.98. The lowest BCUT2D eigenvalue weighted by atomic mass is 9.82. The minimum Gasteiger partial charge on any atom is -0.354 e. The molecule has 0 bridgehead atoms. The van der Waals surface area contributed by atoms with Gasteiger partial charge >= 0.3 is 0 Å². The van der Waals surface area contributed by atoms with Crippen LogP contribution < -0.4 is 16.4 Å². The zero-order valence-corrected chi connectivity index (χ0v) is 18.2. The van der Waals surface area contributed by atoms with Crippen molar-refractivity contribution in [3.8, 4) is 0 Å². The van der Waals surface area contributed by atoms with Gasteiger partial charge in [0.2, 0.25) is 5.91 Å². The number of carbonyl (C=O) groups is 2. The van der Waals surface area contributed by atoms with Crippen LogP contribution in [0.4, 0.5) is 4.39 Å². The molecule has 1 unspecified atom stereocenters. The molecule has 2 aliphatic carbocycles. The van der Waals surface area contributed by atoms with Gasteiger partial charge in [-0.25, -0.2) is 4.39 Å². The highest BCUT2D eigenvalue weighted by Crippen LogP contribution is 2.28. The fraction of sp³-hybridized carbons (Fsp3) is 0.667. The second-order valence-corrected chi connectivity index (χ2v) is 9.55. The molecule has 0 radical (unpaired) electrons. The van der Waals surface area contributed by atoms with Gasteiger partial charge in [-0.1, -0.05) is 0 Å². The molecule has 1 aromatic carbocycles. The third-order valence-electron chi connectivity index (χ3n) is 7.17. The molecule has 0 spiro atoms. The minimum absolute atomic E-state index is 0.0706. The normalized spacial score (nSPS) is 28.9. The highest BCUT2D eigenvalue weighted by atomic mass is 19.1. The number of likely N-dealkylation sites (tertiary alicyclic amines) is 1. The standard InChI is InChI=1S/C24H35FN4O2/c25-19-7-5-18(6-8-19)24(31)29-12-11-21(28-20-9-10-20)13-22(29)23(30)27-15-17-3-1-16(14-26)2-4-17/h5-8,16-17,20-22,28H,1-4,9-15,26H2,(H,27,30)/t16?,17?,21?,22-/m1/s1. The third-order valence-corrected chi connectivity index (χ3v) is 7.17. The van der Waals surface area contributed by atoms with Gasteiger partial charge in [-0.05, 0) is 94.0 Å². The van der Waals surface area contributed by atoms with Gasteiger partial charge in [0, 0.05) is 30.7 Å². The lowest BCUT2D eigenvalue weighted by Gasteiger charge is -2.39. The summed E-state index contributed by atoms with van der Waals surface area (Å²) in [4.78, 5) is 28.0. The molecule has 4 rings (SSSR count). The molecule has 2 atom stereocenters. The first kappa shape index (κ1) is 22.2. The first-order chi connectivity index (χ1) is 15.0. The maximum absolute atomic E-state index is 13.3. The number of halogens is 1. The Labute approximate surface area is 184 Å². The lowest BCUT2D eigenvalue weighted by molar-refractivity contribution is -0.127. The first-order valence-corrected chi connectivity index (χ1v) is 11.8. The molecule has 1 saturated heterocycles. The summed E-state index contributed by atoms with van der Waals surface area (Å²) in [5.41, 5.74) is 6.21. The number of carbonyl (C=O) groups excluding carboxylic acids is 2. The zero-order chi connectivity index (χ0) is 21.8. The third kappa shape index (κ3) is 5.83. The van der Waals surface area contributed by atoms with Crippen LogP contribution >= 0.6 is 0 Å². The van der Waals surface area contributed by atoms with Crippen LogP contribution in [0.25, 0.3) is 0 Å². The lowest BCUT2D eigenvalue weighted by Crippen LogP contribution is -2.57. The van der Waals surface area contributed by atoms with E-state index in [-0.39, 0.29) is 23.7 Å². The van der Waals surface area contributed by atoms with Crippen molar-refractivity contribution in [2.75, 3.05) is 19.6 Å². The summed E-state index contributed by atoms with van der Waals surface area (Å²) in [5.74, 6) is 0.454. The molecule has 6 nitrogen and oxygen atoms in total. The number of amides is 2. The first-order valence-electron chi connectivity index (χ1n) is 11.8. The van der Waals surface area contributed by atoms with Gasteiger partial charge in [-0.2, -0.15) is 0 Å². The number of hydrogen-bond donors (Lipinski definition) is 3. The van der Waals surface area contributed by atoms with E-state index in [2.05, 4.69) is 10.6 Å². The molecule has 2 saturated carbocycles. The summed E-state index contributed by atoms with van der Waals surface area (Å²) in [6.45, 7) is 1.93. The van der Waals surface area contributed by atoms with Crippen LogP contribution in [0.5, 0.6) is 0 Å². The number of rotatable bonds is 7. The van der Waals surface area contributed by atoms with E-state index in [1.807, 2.05) is 0 Å². The minimum atomic E-state index is -0.497. The predicted molar refractivity (Wildman–Crippen MR) is 118 cm³/mol. The summed E-state index contributed by atoms with van der Waals surface area (Å²) in [7, 11) is 0. The molecule has 1 heterocycles. The topological polar surface area (TPSA) is 87.5 Å². The second-order valence-electron chi connectivity index (χ2n) is 9.55. The number of hydrogen-bond acceptors (Lipinski definition) is 4.